The van der Waals surface area contributed by atoms with E-state index in [1.807, 2.05) is 0 Å². The predicted molar refractivity (Wildman–Crippen MR) is 110 cm³/mol. The van der Waals surface area contributed by atoms with E-state index in [1.165, 1.54) is 44.5 Å². The van der Waals surface area contributed by atoms with Crippen molar-refractivity contribution >= 4 is 16.9 Å². The molecule has 0 heterocycles. The second kappa shape index (κ2) is 6.48. The molecule has 0 aromatic heterocycles. The average Bonchev–Trinajstić information content (AvgIpc) is 2.48. The summed E-state index contributed by atoms with van der Waals surface area (Å²) in [6.45, 7) is 12.9. The van der Waals surface area contributed by atoms with Gasteiger partial charge in [-0.1, -0.05) is 47.5 Å². The molecule has 0 atom stereocenters. The molecule has 0 saturated carbocycles. The molecule has 0 fully saturated rings. The van der Waals surface area contributed by atoms with Crippen LogP contribution in [0.3, 0.4) is 0 Å². The Kier molecular flexibility index (Phi) is 4.51. The van der Waals surface area contributed by atoms with Crippen molar-refractivity contribution in [1.82, 2.24) is 0 Å². The Labute approximate surface area is 151 Å². The predicted octanol–water partition coefficient (Wildman–Crippen LogP) is 6.43. The molecule has 0 saturated heterocycles. The maximum absolute atomic E-state index is 8.94. The lowest BCUT2D eigenvalue weighted by atomic mass is 9.81. The molecule has 128 valence electrons. The first-order valence-corrected chi connectivity index (χ1v) is 8.95. The number of hydrogen-bond acceptors (Lipinski definition) is 1. The molecule has 2 aromatic rings. The molecular formula is C24H27N. The number of hydrogen-bond donors (Lipinski definition) is 1. The molecule has 0 radical (unpaired) electrons. The van der Waals surface area contributed by atoms with Gasteiger partial charge < -0.3 is 0 Å². The van der Waals surface area contributed by atoms with Crippen molar-refractivity contribution in [3.8, 4) is 0 Å². The first-order valence-electron chi connectivity index (χ1n) is 8.95. The van der Waals surface area contributed by atoms with Gasteiger partial charge in [-0.05, 0) is 81.3 Å². The molecular weight excluding hydrogens is 302 g/mol. The molecule has 2 aromatic carbocycles. The fourth-order valence-electron chi connectivity index (χ4n) is 4.31. The van der Waals surface area contributed by atoms with E-state index in [0.29, 0.717) is 5.71 Å². The van der Waals surface area contributed by atoms with E-state index in [0.717, 1.165) is 17.6 Å². The standard InChI is InChI=1S/C24H27N/c1-14-10-16(3)22(17(4)11-14)20-8-7-9-21(24(20)25)23-18(5)12-15(2)13-19(23)6/h8-13,25H,7H2,1-6H3. The van der Waals surface area contributed by atoms with Gasteiger partial charge in [0.1, 0.15) is 0 Å². The van der Waals surface area contributed by atoms with Crippen LogP contribution in [0.5, 0.6) is 0 Å². The first kappa shape index (κ1) is 17.4. The van der Waals surface area contributed by atoms with Crippen LogP contribution in [-0.4, -0.2) is 5.71 Å². The third kappa shape index (κ3) is 3.11. The van der Waals surface area contributed by atoms with Crippen molar-refractivity contribution < 1.29 is 0 Å². The SMILES string of the molecule is Cc1cc(C)c(C2=CCC=C(c3c(C)cc(C)cc3C)C2=N)c(C)c1. The zero-order chi connectivity index (χ0) is 18.3. The summed E-state index contributed by atoms with van der Waals surface area (Å²) >= 11 is 0. The summed E-state index contributed by atoms with van der Waals surface area (Å²) in [5, 5.41) is 8.94. The third-order valence-corrected chi connectivity index (χ3v) is 5.08. The lowest BCUT2D eigenvalue weighted by Gasteiger charge is -2.23. The van der Waals surface area contributed by atoms with Crippen molar-refractivity contribution in [2.75, 3.05) is 0 Å². The quantitative estimate of drug-likeness (QED) is 0.656. The number of nitrogens with one attached hydrogen (secondary N) is 1. The Morgan fingerprint density at radius 1 is 0.600 bits per heavy atom. The number of benzene rings is 2. The molecule has 0 spiro atoms. The third-order valence-electron chi connectivity index (χ3n) is 5.08. The highest BCUT2D eigenvalue weighted by molar-refractivity contribution is 6.44. The summed E-state index contributed by atoms with van der Waals surface area (Å²) in [6, 6.07) is 8.88. The molecule has 3 rings (SSSR count). The van der Waals surface area contributed by atoms with Crippen molar-refractivity contribution in [1.29, 1.82) is 5.41 Å². The summed E-state index contributed by atoms with van der Waals surface area (Å²) in [4.78, 5) is 0. The fourth-order valence-corrected chi connectivity index (χ4v) is 4.31. The molecule has 1 N–H and O–H groups in total. The Morgan fingerprint density at radius 2 is 0.920 bits per heavy atom. The lowest BCUT2D eigenvalue weighted by molar-refractivity contribution is 1.26. The normalized spacial score (nSPS) is 14.4. The average molecular weight is 329 g/mol. The molecule has 1 nitrogen and oxygen atoms in total. The Balaban J connectivity index is 2.10. The van der Waals surface area contributed by atoms with Gasteiger partial charge in [0.2, 0.25) is 0 Å². The van der Waals surface area contributed by atoms with Gasteiger partial charge in [-0.2, -0.15) is 0 Å². The lowest BCUT2D eigenvalue weighted by Crippen LogP contribution is -2.12. The van der Waals surface area contributed by atoms with Crippen LogP contribution in [0.4, 0.5) is 0 Å². The molecule has 0 bridgehead atoms. The van der Waals surface area contributed by atoms with E-state index in [2.05, 4.69) is 78.0 Å². The van der Waals surface area contributed by atoms with Gasteiger partial charge in [0.15, 0.2) is 0 Å². The van der Waals surface area contributed by atoms with Crippen molar-refractivity contribution in [2.24, 2.45) is 0 Å². The fraction of sp³-hybridized carbons (Fsp3) is 0.292. The summed E-state index contributed by atoms with van der Waals surface area (Å²) in [5.41, 5.74) is 12.8. The second-order valence-corrected chi connectivity index (χ2v) is 7.39. The Bertz CT molecular complexity index is 817. The minimum Gasteiger partial charge on any atom is -0.300 e. The molecule has 0 aliphatic heterocycles. The number of rotatable bonds is 2. The van der Waals surface area contributed by atoms with Crippen LogP contribution in [0.15, 0.2) is 36.4 Å². The monoisotopic (exact) mass is 329 g/mol. The largest absolute Gasteiger partial charge is 0.300 e. The van der Waals surface area contributed by atoms with Crippen LogP contribution in [0, 0.1) is 47.0 Å². The van der Waals surface area contributed by atoms with Gasteiger partial charge in [0, 0.05) is 11.1 Å². The van der Waals surface area contributed by atoms with Gasteiger partial charge in [-0.3, -0.25) is 5.41 Å². The van der Waals surface area contributed by atoms with E-state index in [1.54, 1.807) is 0 Å². The maximum atomic E-state index is 8.94. The summed E-state index contributed by atoms with van der Waals surface area (Å²) in [5.74, 6) is 0. The minimum atomic E-state index is 0.649. The van der Waals surface area contributed by atoms with E-state index < -0.39 is 0 Å². The number of aryl methyl sites for hydroxylation is 6. The van der Waals surface area contributed by atoms with Crippen LogP contribution in [0.25, 0.3) is 11.1 Å². The molecule has 1 heteroatoms. The van der Waals surface area contributed by atoms with E-state index in [9.17, 15) is 0 Å². The first-order chi connectivity index (χ1) is 11.8. The Hall–Kier alpha value is -2.41. The highest BCUT2D eigenvalue weighted by atomic mass is 14.5. The van der Waals surface area contributed by atoms with E-state index in [-0.39, 0.29) is 0 Å². The van der Waals surface area contributed by atoms with Gasteiger partial charge in [0.05, 0.1) is 5.71 Å². The summed E-state index contributed by atoms with van der Waals surface area (Å²) in [6.07, 6.45) is 5.29. The van der Waals surface area contributed by atoms with Crippen molar-refractivity contribution in [2.45, 2.75) is 48.0 Å². The van der Waals surface area contributed by atoms with Crippen LogP contribution < -0.4 is 0 Å². The zero-order valence-electron chi connectivity index (χ0n) is 16.2. The molecule has 1 aliphatic rings. The molecule has 25 heavy (non-hydrogen) atoms. The van der Waals surface area contributed by atoms with Crippen LogP contribution in [0.2, 0.25) is 0 Å². The molecule has 0 amide bonds. The van der Waals surface area contributed by atoms with Gasteiger partial charge in [-0.15, -0.1) is 0 Å². The highest BCUT2D eigenvalue weighted by Crippen LogP contribution is 2.36. The molecule has 0 unspecified atom stereocenters. The van der Waals surface area contributed by atoms with E-state index in [4.69, 9.17) is 5.41 Å². The zero-order valence-corrected chi connectivity index (χ0v) is 16.2. The summed E-state index contributed by atoms with van der Waals surface area (Å²) in [7, 11) is 0. The number of allylic oxidation sites excluding steroid dienone is 4. The summed E-state index contributed by atoms with van der Waals surface area (Å²) < 4.78 is 0. The van der Waals surface area contributed by atoms with Crippen LogP contribution >= 0.6 is 0 Å². The highest BCUT2D eigenvalue weighted by Gasteiger charge is 2.22. The smallest absolute Gasteiger partial charge is 0.0690 e. The van der Waals surface area contributed by atoms with Gasteiger partial charge in [-0.25, -0.2) is 0 Å². The minimum absolute atomic E-state index is 0.649. The Morgan fingerprint density at radius 3 is 1.24 bits per heavy atom. The van der Waals surface area contributed by atoms with Crippen molar-refractivity contribution in [3.05, 3.63) is 80.9 Å². The van der Waals surface area contributed by atoms with Crippen molar-refractivity contribution in [3.63, 3.8) is 0 Å². The van der Waals surface area contributed by atoms with Gasteiger partial charge >= 0.3 is 0 Å². The topological polar surface area (TPSA) is 23.9 Å². The van der Waals surface area contributed by atoms with E-state index >= 15 is 0 Å². The van der Waals surface area contributed by atoms with Crippen LogP contribution in [0.1, 0.15) is 50.9 Å². The second-order valence-electron chi connectivity index (χ2n) is 7.39. The van der Waals surface area contributed by atoms with Gasteiger partial charge in [0.25, 0.3) is 0 Å². The maximum Gasteiger partial charge on any atom is 0.0690 e. The molecule has 1 aliphatic carbocycles. The van der Waals surface area contributed by atoms with Crippen LogP contribution in [-0.2, 0) is 0 Å².